The molecular weight excluding hydrogens is 417 g/mol. The predicted octanol–water partition coefficient (Wildman–Crippen LogP) is 4.50. The van der Waals surface area contributed by atoms with Gasteiger partial charge in [0.2, 0.25) is 20.9 Å². The first-order chi connectivity index (χ1) is 14.6. The molecule has 0 saturated heterocycles. The van der Waals surface area contributed by atoms with E-state index in [-0.39, 0.29) is 34.8 Å². The van der Waals surface area contributed by atoms with Crippen LogP contribution in [-0.2, 0) is 26.9 Å². The number of aromatic nitrogens is 2. The Kier molecular flexibility index (Phi) is 7.19. The van der Waals surface area contributed by atoms with Crippen LogP contribution in [0.5, 0.6) is 0 Å². The normalized spacial score (nSPS) is 15.2. The van der Waals surface area contributed by atoms with E-state index in [9.17, 15) is 17.6 Å². The third-order valence-electron chi connectivity index (χ3n) is 5.85. The van der Waals surface area contributed by atoms with Gasteiger partial charge in [0.1, 0.15) is 5.82 Å². The number of amides is 1. The maximum absolute atomic E-state index is 13.2. The van der Waals surface area contributed by atoms with Gasteiger partial charge in [-0.15, -0.1) is 0 Å². The molecule has 8 heteroatoms. The minimum Gasteiger partial charge on any atom is -0.334 e. The van der Waals surface area contributed by atoms with E-state index in [0.29, 0.717) is 17.8 Å². The number of rotatable bonds is 8. The van der Waals surface area contributed by atoms with Gasteiger partial charge in [0.25, 0.3) is 0 Å². The molecule has 0 atom stereocenters. The van der Waals surface area contributed by atoms with Crippen LogP contribution in [0.1, 0.15) is 70.7 Å². The number of hydrogen-bond donors (Lipinski definition) is 0. The maximum atomic E-state index is 13.2. The predicted molar refractivity (Wildman–Crippen MR) is 118 cm³/mol. The number of nitrogens with zero attached hydrogens (tertiary/aromatic N) is 3. The van der Waals surface area contributed by atoms with Gasteiger partial charge in [-0.3, -0.25) is 4.79 Å². The SMILES string of the molecule is CC(C)N(Cc1cnc(S(=O)(=O)Cc2ccc(F)cc2)n1C(C)C)C(=O)C1CCCC1. The number of carbonyl (C=O) groups excluding carboxylic acids is 1. The zero-order valence-corrected chi connectivity index (χ0v) is 19.5. The molecule has 1 amide bonds. The van der Waals surface area contributed by atoms with Gasteiger partial charge >= 0.3 is 0 Å². The Hall–Kier alpha value is -2.22. The van der Waals surface area contributed by atoms with Crippen molar-refractivity contribution in [2.75, 3.05) is 0 Å². The Morgan fingerprint density at radius 2 is 1.77 bits per heavy atom. The molecular formula is C23H32FN3O3S. The van der Waals surface area contributed by atoms with E-state index in [4.69, 9.17) is 0 Å². The van der Waals surface area contributed by atoms with Crippen LogP contribution in [0.15, 0.2) is 35.6 Å². The number of benzene rings is 1. The first-order valence-corrected chi connectivity index (χ1v) is 12.6. The van der Waals surface area contributed by atoms with Crippen LogP contribution in [-0.4, -0.2) is 34.8 Å². The average molecular weight is 450 g/mol. The summed E-state index contributed by atoms with van der Waals surface area (Å²) in [6, 6.07) is 5.30. The van der Waals surface area contributed by atoms with Crippen molar-refractivity contribution in [3.8, 4) is 0 Å². The van der Waals surface area contributed by atoms with Crippen molar-refractivity contribution < 1.29 is 17.6 Å². The van der Waals surface area contributed by atoms with Crippen LogP contribution < -0.4 is 0 Å². The second kappa shape index (κ2) is 9.51. The van der Waals surface area contributed by atoms with Crippen LogP contribution in [0.2, 0.25) is 0 Å². The summed E-state index contributed by atoms with van der Waals surface area (Å²) in [5.41, 5.74) is 1.20. The molecule has 0 spiro atoms. The van der Waals surface area contributed by atoms with Crippen molar-refractivity contribution in [2.24, 2.45) is 5.92 Å². The molecule has 6 nitrogen and oxygen atoms in total. The summed E-state index contributed by atoms with van der Waals surface area (Å²) < 4.78 is 41.1. The van der Waals surface area contributed by atoms with Gasteiger partial charge in [0.05, 0.1) is 24.2 Å². The summed E-state index contributed by atoms with van der Waals surface area (Å²) in [7, 11) is -3.75. The lowest BCUT2D eigenvalue weighted by Crippen LogP contribution is -2.40. The second-order valence-electron chi connectivity index (χ2n) is 8.92. The number of halogens is 1. The van der Waals surface area contributed by atoms with Crippen molar-refractivity contribution in [1.82, 2.24) is 14.5 Å². The zero-order chi connectivity index (χ0) is 22.8. The van der Waals surface area contributed by atoms with E-state index in [1.54, 1.807) is 10.8 Å². The van der Waals surface area contributed by atoms with Crippen LogP contribution in [0.4, 0.5) is 4.39 Å². The molecule has 170 valence electrons. The third kappa shape index (κ3) is 5.34. The standard InChI is InChI=1S/C23H32FN3O3S/c1-16(2)26(22(28)19-7-5-6-8-19)14-21-13-25-23(27(21)17(3)4)31(29,30)15-18-9-11-20(24)12-10-18/h9-13,16-17,19H,5-8,14-15H2,1-4H3. The molecule has 31 heavy (non-hydrogen) atoms. The Labute approximate surface area is 184 Å². The summed E-state index contributed by atoms with van der Waals surface area (Å²) in [5.74, 6) is -0.474. The molecule has 0 N–H and O–H groups in total. The van der Waals surface area contributed by atoms with Gasteiger partial charge in [0, 0.05) is 18.0 Å². The van der Waals surface area contributed by atoms with Crippen molar-refractivity contribution in [3.05, 3.63) is 47.5 Å². The van der Waals surface area contributed by atoms with Crippen LogP contribution in [0, 0.1) is 11.7 Å². The Morgan fingerprint density at radius 1 is 1.16 bits per heavy atom. The fraction of sp³-hybridized carbons (Fsp3) is 0.565. The highest BCUT2D eigenvalue weighted by molar-refractivity contribution is 7.90. The summed E-state index contributed by atoms with van der Waals surface area (Å²) in [6.45, 7) is 8.09. The monoisotopic (exact) mass is 449 g/mol. The molecule has 1 aromatic heterocycles. The molecule has 3 rings (SSSR count). The largest absolute Gasteiger partial charge is 0.334 e. The lowest BCUT2D eigenvalue weighted by atomic mass is 10.1. The quantitative estimate of drug-likeness (QED) is 0.595. The first-order valence-electron chi connectivity index (χ1n) is 10.9. The lowest BCUT2D eigenvalue weighted by Gasteiger charge is -2.30. The van der Waals surface area contributed by atoms with E-state index in [0.717, 1.165) is 25.7 Å². The second-order valence-corrected chi connectivity index (χ2v) is 10.8. The Balaban J connectivity index is 1.90. The van der Waals surface area contributed by atoms with Gasteiger partial charge in [-0.2, -0.15) is 0 Å². The highest BCUT2D eigenvalue weighted by Gasteiger charge is 2.31. The fourth-order valence-corrected chi connectivity index (χ4v) is 5.84. The average Bonchev–Trinajstić information content (AvgIpc) is 3.37. The molecule has 1 heterocycles. The van der Waals surface area contributed by atoms with Gasteiger partial charge in [0.15, 0.2) is 0 Å². The van der Waals surface area contributed by atoms with Gasteiger partial charge in [-0.25, -0.2) is 17.8 Å². The molecule has 0 unspecified atom stereocenters. The molecule has 1 aliphatic rings. The van der Waals surface area contributed by atoms with Gasteiger partial charge in [-0.1, -0.05) is 25.0 Å². The minimum atomic E-state index is -3.75. The molecule has 0 radical (unpaired) electrons. The first kappa shape index (κ1) is 23.4. The van der Waals surface area contributed by atoms with Crippen LogP contribution in [0.25, 0.3) is 0 Å². The van der Waals surface area contributed by atoms with Crippen LogP contribution in [0.3, 0.4) is 0 Å². The molecule has 1 fully saturated rings. The topological polar surface area (TPSA) is 72.3 Å². The van der Waals surface area contributed by atoms with E-state index in [2.05, 4.69) is 4.98 Å². The minimum absolute atomic E-state index is 0.00267. The van der Waals surface area contributed by atoms with Crippen molar-refractivity contribution in [3.63, 3.8) is 0 Å². The molecule has 2 aromatic rings. The Bertz CT molecular complexity index is 1010. The third-order valence-corrected chi connectivity index (χ3v) is 7.42. The van der Waals surface area contributed by atoms with E-state index in [1.807, 2.05) is 32.6 Å². The van der Waals surface area contributed by atoms with E-state index < -0.39 is 15.7 Å². The molecule has 1 aromatic carbocycles. The highest BCUT2D eigenvalue weighted by Crippen LogP contribution is 2.29. The maximum Gasteiger partial charge on any atom is 0.228 e. The summed E-state index contributed by atoms with van der Waals surface area (Å²) >= 11 is 0. The Morgan fingerprint density at radius 3 is 2.32 bits per heavy atom. The van der Waals surface area contributed by atoms with Crippen molar-refractivity contribution in [1.29, 1.82) is 0 Å². The number of imidazole rings is 1. The molecule has 0 bridgehead atoms. The number of hydrogen-bond acceptors (Lipinski definition) is 4. The van der Waals surface area contributed by atoms with Crippen molar-refractivity contribution in [2.45, 2.75) is 82.9 Å². The van der Waals surface area contributed by atoms with E-state index in [1.165, 1.54) is 24.3 Å². The molecule has 1 saturated carbocycles. The summed E-state index contributed by atoms with van der Waals surface area (Å²) in [4.78, 5) is 19.2. The van der Waals surface area contributed by atoms with Crippen molar-refractivity contribution >= 4 is 15.7 Å². The molecule has 1 aliphatic carbocycles. The van der Waals surface area contributed by atoms with Gasteiger partial charge in [-0.05, 0) is 58.2 Å². The highest BCUT2D eigenvalue weighted by atomic mass is 32.2. The molecule has 0 aliphatic heterocycles. The lowest BCUT2D eigenvalue weighted by molar-refractivity contribution is -0.137. The smallest absolute Gasteiger partial charge is 0.228 e. The van der Waals surface area contributed by atoms with E-state index >= 15 is 0 Å². The van der Waals surface area contributed by atoms with Crippen LogP contribution >= 0.6 is 0 Å². The summed E-state index contributed by atoms with van der Waals surface area (Å²) in [6.07, 6.45) is 5.57. The zero-order valence-electron chi connectivity index (χ0n) is 18.7. The number of sulfone groups is 1. The fourth-order valence-electron chi connectivity index (χ4n) is 4.24. The summed E-state index contributed by atoms with van der Waals surface area (Å²) in [5, 5.41) is -0.0150. The van der Waals surface area contributed by atoms with Gasteiger partial charge < -0.3 is 9.47 Å². The number of carbonyl (C=O) groups is 1.